The minimum absolute atomic E-state index is 0.0373. The predicted molar refractivity (Wildman–Crippen MR) is 88.0 cm³/mol. The lowest BCUT2D eigenvalue weighted by atomic mass is 9.66. The second-order valence-electron chi connectivity index (χ2n) is 7.48. The lowest BCUT2D eigenvalue weighted by molar-refractivity contribution is -0.133. The van der Waals surface area contributed by atoms with E-state index < -0.39 is 0 Å². The first-order chi connectivity index (χ1) is 11.0. The van der Waals surface area contributed by atoms with Gasteiger partial charge in [-0.05, 0) is 66.5 Å². The number of carbonyl (C=O) groups excluding carboxylic acids is 1. The Labute approximate surface area is 135 Å². The maximum absolute atomic E-state index is 14.6. The van der Waals surface area contributed by atoms with E-state index in [1.54, 1.807) is 6.07 Å². The van der Waals surface area contributed by atoms with Crippen molar-refractivity contribution in [3.8, 4) is 0 Å². The molecule has 2 aliphatic rings. The number of carbonyl (C=O) groups is 1. The zero-order valence-corrected chi connectivity index (χ0v) is 13.6. The molecule has 1 fully saturated rings. The molecule has 2 aromatic rings. The Balaban J connectivity index is 1.88. The molecule has 0 aromatic heterocycles. The first-order valence-electron chi connectivity index (χ1n) is 8.32. The van der Waals surface area contributed by atoms with E-state index in [0.717, 1.165) is 47.6 Å². The predicted octanol–water partition coefficient (Wildman–Crippen LogP) is 4.66. The summed E-state index contributed by atoms with van der Waals surface area (Å²) in [6.45, 7) is 4.86. The molecular formula is C20H21FO2. The van der Waals surface area contributed by atoms with Crippen LogP contribution in [0.1, 0.15) is 48.8 Å². The highest BCUT2D eigenvalue weighted by atomic mass is 19.1. The van der Waals surface area contributed by atoms with E-state index in [-0.39, 0.29) is 23.3 Å². The van der Waals surface area contributed by atoms with Crippen LogP contribution in [0, 0.1) is 18.2 Å². The Morgan fingerprint density at radius 1 is 1.30 bits per heavy atom. The number of benzene rings is 2. The molecule has 23 heavy (non-hydrogen) atoms. The number of rotatable bonds is 2. The number of hydrogen-bond donors (Lipinski definition) is 0. The van der Waals surface area contributed by atoms with Crippen LogP contribution in [0.2, 0.25) is 0 Å². The average molecular weight is 312 g/mol. The van der Waals surface area contributed by atoms with Crippen LogP contribution < -0.4 is 0 Å². The van der Waals surface area contributed by atoms with Crippen molar-refractivity contribution in [1.29, 1.82) is 0 Å². The zero-order valence-electron chi connectivity index (χ0n) is 13.6. The fourth-order valence-corrected chi connectivity index (χ4v) is 4.83. The topological polar surface area (TPSA) is 26.3 Å². The standard InChI is InChI=1S/C20H21FO2/c1-12-3-4-15-16(7-12)14-5-6-20(2)10-13(23-11-22)8-18(20)17(14)9-19(15)21/h3-4,7,9,11,13,18H,5-6,8,10H2,1-2H3/t13-,18-,20+/m0/s1. The molecule has 0 saturated heterocycles. The van der Waals surface area contributed by atoms with Gasteiger partial charge in [-0.2, -0.15) is 0 Å². The summed E-state index contributed by atoms with van der Waals surface area (Å²) < 4.78 is 19.9. The van der Waals surface area contributed by atoms with Crippen molar-refractivity contribution in [2.24, 2.45) is 5.41 Å². The summed E-state index contributed by atoms with van der Waals surface area (Å²) in [4.78, 5) is 10.7. The molecule has 3 heteroatoms. The molecule has 2 nitrogen and oxygen atoms in total. The molecule has 4 rings (SSSR count). The number of ether oxygens (including phenoxy) is 1. The van der Waals surface area contributed by atoms with Crippen molar-refractivity contribution in [1.82, 2.24) is 0 Å². The monoisotopic (exact) mass is 312 g/mol. The molecule has 0 spiro atoms. The highest BCUT2D eigenvalue weighted by Gasteiger charge is 2.48. The van der Waals surface area contributed by atoms with Crippen LogP contribution in [0.15, 0.2) is 24.3 Å². The summed E-state index contributed by atoms with van der Waals surface area (Å²) in [6.07, 6.45) is 3.68. The molecule has 1 saturated carbocycles. The molecule has 0 amide bonds. The van der Waals surface area contributed by atoms with Crippen molar-refractivity contribution >= 4 is 17.2 Å². The Hall–Kier alpha value is -1.90. The maximum atomic E-state index is 14.6. The van der Waals surface area contributed by atoms with Crippen molar-refractivity contribution in [3.63, 3.8) is 0 Å². The van der Waals surface area contributed by atoms with Gasteiger partial charge in [-0.3, -0.25) is 4.79 Å². The number of hydrogen-bond acceptors (Lipinski definition) is 2. The molecule has 0 aliphatic heterocycles. The smallest absolute Gasteiger partial charge is 0.293 e. The van der Waals surface area contributed by atoms with Crippen LogP contribution in [0.25, 0.3) is 10.8 Å². The lowest BCUT2D eigenvalue weighted by Gasteiger charge is -2.38. The van der Waals surface area contributed by atoms with E-state index in [4.69, 9.17) is 4.74 Å². The van der Waals surface area contributed by atoms with Gasteiger partial charge in [0.1, 0.15) is 11.9 Å². The Kier molecular flexibility index (Phi) is 3.22. The SMILES string of the molecule is Cc1ccc2c(F)cc3c(c2c1)CC[C@]1(C)C[C@@H](OC=O)C[C@@H]31. The van der Waals surface area contributed by atoms with Gasteiger partial charge in [0.25, 0.3) is 6.47 Å². The molecule has 0 bridgehead atoms. The quantitative estimate of drug-likeness (QED) is 0.754. The van der Waals surface area contributed by atoms with E-state index in [1.807, 2.05) is 19.1 Å². The Morgan fingerprint density at radius 3 is 2.91 bits per heavy atom. The van der Waals surface area contributed by atoms with E-state index in [0.29, 0.717) is 6.47 Å². The van der Waals surface area contributed by atoms with Crippen LogP contribution in [0.4, 0.5) is 4.39 Å². The highest BCUT2D eigenvalue weighted by Crippen LogP contribution is 2.57. The van der Waals surface area contributed by atoms with Crippen molar-refractivity contribution < 1.29 is 13.9 Å². The number of halogens is 1. The molecule has 0 N–H and O–H groups in total. The van der Waals surface area contributed by atoms with Crippen LogP contribution in [-0.2, 0) is 16.0 Å². The summed E-state index contributed by atoms with van der Waals surface area (Å²) in [5, 5.41) is 1.78. The average Bonchev–Trinajstić information content (AvgIpc) is 2.84. The molecule has 2 aliphatic carbocycles. The van der Waals surface area contributed by atoms with Gasteiger partial charge in [0.2, 0.25) is 0 Å². The van der Waals surface area contributed by atoms with Crippen LogP contribution in [-0.4, -0.2) is 12.6 Å². The summed E-state index contributed by atoms with van der Waals surface area (Å²) in [7, 11) is 0. The molecule has 3 atom stereocenters. The van der Waals surface area contributed by atoms with Gasteiger partial charge in [-0.1, -0.05) is 30.7 Å². The van der Waals surface area contributed by atoms with E-state index in [2.05, 4.69) is 13.0 Å². The minimum atomic E-state index is -0.136. The van der Waals surface area contributed by atoms with Gasteiger partial charge < -0.3 is 4.74 Å². The van der Waals surface area contributed by atoms with Gasteiger partial charge in [0.05, 0.1) is 0 Å². The summed E-state index contributed by atoms with van der Waals surface area (Å²) in [5.74, 6) is 0.137. The van der Waals surface area contributed by atoms with E-state index in [1.165, 1.54) is 5.56 Å². The molecule has 2 aromatic carbocycles. The van der Waals surface area contributed by atoms with E-state index >= 15 is 0 Å². The number of fused-ring (bicyclic) bond motifs is 5. The minimum Gasteiger partial charge on any atom is -0.465 e. The summed E-state index contributed by atoms with van der Waals surface area (Å²) in [5.41, 5.74) is 3.68. The highest BCUT2D eigenvalue weighted by molar-refractivity contribution is 5.88. The third-order valence-electron chi connectivity index (χ3n) is 5.99. The lowest BCUT2D eigenvalue weighted by Crippen LogP contribution is -2.27. The Morgan fingerprint density at radius 2 is 2.13 bits per heavy atom. The summed E-state index contributed by atoms with van der Waals surface area (Å²) in [6, 6.07) is 7.70. The van der Waals surface area contributed by atoms with Gasteiger partial charge in [0, 0.05) is 5.39 Å². The fraction of sp³-hybridized carbons (Fsp3) is 0.450. The first kappa shape index (κ1) is 14.7. The van der Waals surface area contributed by atoms with Crippen LogP contribution >= 0.6 is 0 Å². The van der Waals surface area contributed by atoms with E-state index in [9.17, 15) is 9.18 Å². The van der Waals surface area contributed by atoms with Gasteiger partial charge in [-0.25, -0.2) is 4.39 Å². The van der Waals surface area contributed by atoms with Gasteiger partial charge in [-0.15, -0.1) is 0 Å². The van der Waals surface area contributed by atoms with Crippen LogP contribution in [0.3, 0.4) is 0 Å². The zero-order chi connectivity index (χ0) is 16.2. The van der Waals surface area contributed by atoms with Crippen molar-refractivity contribution in [2.75, 3.05) is 0 Å². The molecular weight excluding hydrogens is 291 g/mol. The summed E-state index contributed by atoms with van der Waals surface area (Å²) >= 11 is 0. The largest absolute Gasteiger partial charge is 0.465 e. The normalized spacial score (nSPS) is 29.2. The molecule has 120 valence electrons. The Bertz CT molecular complexity index is 798. The molecule has 0 radical (unpaired) electrons. The third-order valence-corrected chi connectivity index (χ3v) is 5.99. The second kappa shape index (κ2) is 5.05. The third kappa shape index (κ3) is 2.17. The van der Waals surface area contributed by atoms with Crippen molar-refractivity contribution in [3.05, 3.63) is 46.8 Å². The second-order valence-corrected chi connectivity index (χ2v) is 7.48. The van der Waals surface area contributed by atoms with Gasteiger partial charge in [0.15, 0.2) is 0 Å². The van der Waals surface area contributed by atoms with Crippen molar-refractivity contribution in [2.45, 2.75) is 51.6 Å². The number of aryl methyl sites for hydroxylation is 2. The molecule has 0 unspecified atom stereocenters. The first-order valence-corrected chi connectivity index (χ1v) is 8.32. The molecule has 0 heterocycles. The fourth-order valence-electron chi connectivity index (χ4n) is 4.83. The van der Waals surface area contributed by atoms with Gasteiger partial charge >= 0.3 is 0 Å². The van der Waals surface area contributed by atoms with Crippen LogP contribution in [0.5, 0.6) is 0 Å². The maximum Gasteiger partial charge on any atom is 0.293 e.